The van der Waals surface area contributed by atoms with Crippen molar-refractivity contribution in [3.8, 4) is 0 Å². The molecule has 1 N–H and O–H groups in total. The van der Waals surface area contributed by atoms with Gasteiger partial charge in [0.2, 0.25) is 15.9 Å². The maximum atomic E-state index is 14.1. The van der Waals surface area contributed by atoms with Crippen LogP contribution in [0.15, 0.2) is 36.4 Å². The van der Waals surface area contributed by atoms with Crippen molar-refractivity contribution in [2.45, 2.75) is 57.2 Å². The van der Waals surface area contributed by atoms with Gasteiger partial charge in [-0.2, -0.15) is 0 Å². The highest BCUT2D eigenvalue weighted by molar-refractivity contribution is 7.88. The fraction of sp³-hybridized carbons (Fsp3) is 0.480. The fourth-order valence-electron chi connectivity index (χ4n) is 4.78. The van der Waals surface area contributed by atoms with Gasteiger partial charge >= 0.3 is 0 Å². The van der Waals surface area contributed by atoms with Gasteiger partial charge in [0.1, 0.15) is 5.82 Å². The van der Waals surface area contributed by atoms with Crippen molar-refractivity contribution >= 4 is 27.5 Å². The number of aryl methyl sites for hydroxylation is 2. The van der Waals surface area contributed by atoms with Crippen LogP contribution in [0.25, 0.3) is 0 Å². The summed E-state index contributed by atoms with van der Waals surface area (Å²) in [6.45, 7) is 2.46. The van der Waals surface area contributed by atoms with Crippen LogP contribution in [0.1, 0.15) is 60.9 Å². The second-order valence-corrected chi connectivity index (χ2v) is 11.5. The van der Waals surface area contributed by atoms with Gasteiger partial charge in [-0.25, -0.2) is 17.1 Å². The molecule has 1 aliphatic carbocycles. The van der Waals surface area contributed by atoms with Crippen molar-refractivity contribution in [1.29, 1.82) is 0 Å². The number of carbonyl (C=O) groups is 1. The molecule has 178 valence electrons. The van der Waals surface area contributed by atoms with Gasteiger partial charge < -0.3 is 5.32 Å². The van der Waals surface area contributed by atoms with Gasteiger partial charge in [-0.05, 0) is 74.3 Å². The highest BCUT2D eigenvalue weighted by Gasteiger charge is 2.32. The number of fused-ring (bicyclic) bond motifs is 1. The molecule has 0 saturated carbocycles. The minimum Gasteiger partial charge on any atom is -0.349 e. The highest BCUT2D eigenvalue weighted by atomic mass is 35.5. The van der Waals surface area contributed by atoms with Gasteiger partial charge in [0.05, 0.1) is 11.8 Å². The van der Waals surface area contributed by atoms with E-state index in [1.54, 1.807) is 0 Å². The Hall–Kier alpha value is -1.96. The third-order valence-electron chi connectivity index (χ3n) is 6.84. The maximum absolute atomic E-state index is 14.1. The SMILES string of the molecule is CC(NC(=O)C1CCN(S(=O)(=O)Cc2c(F)cccc2Cl)CC1)c1ccc2c(c1)CCCC2. The molecule has 1 fully saturated rings. The van der Waals surface area contributed by atoms with Crippen molar-refractivity contribution in [3.63, 3.8) is 0 Å². The van der Waals surface area contributed by atoms with Crippen LogP contribution in [0, 0.1) is 11.7 Å². The van der Waals surface area contributed by atoms with Crippen LogP contribution >= 0.6 is 11.6 Å². The molecular weight excluding hydrogens is 463 g/mol. The molecule has 1 unspecified atom stereocenters. The van der Waals surface area contributed by atoms with E-state index < -0.39 is 21.6 Å². The number of benzene rings is 2. The molecule has 2 aromatic carbocycles. The summed E-state index contributed by atoms with van der Waals surface area (Å²) in [5, 5.41) is 3.21. The smallest absolute Gasteiger partial charge is 0.223 e. The number of nitrogens with zero attached hydrogens (tertiary/aromatic N) is 1. The number of hydrogen-bond donors (Lipinski definition) is 1. The lowest BCUT2D eigenvalue weighted by molar-refractivity contribution is -0.126. The third-order valence-corrected chi connectivity index (χ3v) is 9.00. The van der Waals surface area contributed by atoms with Crippen molar-refractivity contribution in [1.82, 2.24) is 9.62 Å². The zero-order valence-corrected chi connectivity index (χ0v) is 20.4. The van der Waals surface area contributed by atoms with E-state index in [2.05, 4.69) is 23.5 Å². The molecule has 1 saturated heterocycles. The van der Waals surface area contributed by atoms with Crippen LogP contribution in [0.2, 0.25) is 5.02 Å². The summed E-state index contributed by atoms with van der Waals surface area (Å²) in [5.74, 6) is -1.40. The summed E-state index contributed by atoms with van der Waals surface area (Å²) in [5.41, 5.74) is 3.88. The van der Waals surface area contributed by atoms with E-state index in [4.69, 9.17) is 11.6 Å². The zero-order chi connectivity index (χ0) is 23.6. The largest absolute Gasteiger partial charge is 0.349 e. The van der Waals surface area contributed by atoms with Crippen molar-refractivity contribution in [2.75, 3.05) is 13.1 Å². The van der Waals surface area contributed by atoms with Crippen LogP contribution < -0.4 is 5.32 Å². The number of nitrogens with one attached hydrogen (secondary N) is 1. The second-order valence-electron chi connectivity index (χ2n) is 9.10. The molecule has 8 heteroatoms. The Balaban J connectivity index is 1.33. The van der Waals surface area contributed by atoms with Crippen molar-refractivity contribution in [3.05, 3.63) is 69.5 Å². The number of rotatable bonds is 6. The van der Waals surface area contributed by atoms with Crippen LogP contribution in [0.3, 0.4) is 0 Å². The molecule has 0 radical (unpaired) electrons. The van der Waals surface area contributed by atoms with Crippen LogP contribution in [0.4, 0.5) is 4.39 Å². The van der Waals surface area contributed by atoms with E-state index in [0.717, 1.165) is 18.4 Å². The Kier molecular flexibility index (Phi) is 7.41. The number of piperidine rings is 1. The van der Waals surface area contributed by atoms with Gasteiger partial charge in [0.15, 0.2) is 0 Å². The lowest BCUT2D eigenvalue weighted by atomic mass is 9.89. The lowest BCUT2D eigenvalue weighted by Gasteiger charge is -2.31. The molecule has 33 heavy (non-hydrogen) atoms. The Morgan fingerprint density at radius 2 is 1.85 bits per heavy atom. The Bertz CT molecular complexity index is 1110. The first-order chi connectivity index (χ1) is 15.7. The number of sulfonamides is 1. The summed E-state index contributed by atoms with van der Waals surface area (Å²) >= 11 is 6.00. The van der Waals surface area contributed by atoms with E-state index in [9.17, 15) is 17.6 Å². The molecule has 0 aromatic heterocycles. The normalized spacial score (nSPS) is 18.5. The average Bonchev–Trinajstić information content (AvgIpc) is 2.81. The number of amides is 1. The first-order valence-corrected chi connectivity index (χ1v) is 13.6. The lowest BCUT2D eigenvalue weighted by Crippen LogP contribution is -2.43. The van der Waals surface area contributed by atoms with Crippen LogP contribution in [0.5, 0.6) is 0 Å². The second kappa shape index (κ2) is 10.1. The highest BCUT2D eigenvalue weighted by Crippen LogP contribution is 2.28. The van der Waals surface area contributed by atoms with E-state index in [1.165, 1.54) is 46.5 Å². The molecular formula is C25H30ClFN2O3S. The summed E-state index contributed by atoms with van der Waals surface area (Å²) in [6.07, 6.45) is 5.54. The Morgan fingerprint density at radius 1 is 1.15 bits per heavy atom. The Labute approximate surface area is 200 Å². The third kappa shape index (κ3) is 5.58. The minimum atomic E-state index is -3.73. The van der Waals surface area contributed by atoms with Gasteiger partial charge in [0.25, 0.3) is 0 Å². The molecule has 2 aliphatic rings. The molecule has 1 atom stereocenters. The van der Waals surface area contributed by atoms with E-state index in [-0.39, 0.29) is 41.5 Å². The van der Waals surface area contributed by atoms with E-state index >= 15 is 0 Å². The molecule has 1 heterocycles. The average molecular weight is 493 g/mol. The molecule has 2 aromatic rings. The molecule has 4 rings (SSSR count). The number of hydrogen-bond acceptors (Lipinski definition) is 3. The zero-order valence-electron chi connectivity index (χ0n) is 18.8. The molecule has 1 amide bonds. The maximum Gasteiger partial charge on any atom is 0.223 e. The summed E-state index contributed by atoms with van der Waals surface area (Å²) in [7, 11) is -3.73. The van der Waals surface area contributed by atoms with Gasteiger partial charge in [0, 0.05) is 29.6 Å². The van der Waals surface area contributed by atoms with Gasteiger partial charge in [-0.1, -0.05) is 35.9 Å². The number of halogens is 2. The topological polar surface area (TPSA) is 66.5 Å². The predicted molar refractivity (Wildman–Crippen MR) is 128 cm³/mol. The van der Waals surface area contributed by atoms with Crippen LogP contribution in [-0.4, -0.2) is 31.7 Å². The van der Waals surface area contributed by atoms with Crippen molar-refractivity contribution in [2.24, 2.45) is 5.92 Å². The fourth-order valence-corrected chi connectivity index (χ4v) is 6.69. The molecule has 0 spiro atoms. The molecule has 5 nitrogen and oxygen atoms in total. The van der Waals surface area contributed by atoms with Crippen LogP contribution in [-0.2, 0) is 33.4 Å². The number of carbonyl (C=O) groups excluding carboxylic acids is 1. The Morgan fingerprint density at radius 3 is 2.55 bits per heavy atom. The summed E-state index contributed by atoms with van der Waals surface area (Å²) in [6, 6.07) is 10.5. The van der Waals surface area contributed by atoms with Gasteiger partial charge in [-0.3, -0.25) is 4.79 Å². The van der Waals surface area contributed by atoms with Gasteiger partial charge in [-0.15, -0.1) is 0 Å². The molecule has 1 aliphatic heterocycles. The summed E-state index contributed by atoms with van der Waals surface area (Å²) in [4.78, 5) is 12.9. The predicted octanol–water partition coefficient (Wildman–Crippen LogP) is 4.78. The first-order valence-electron chi connectivity index (χ1n) is 11.6. The molecule has 0 bridgehead atoms. The summed E-state index contributed by atoms with van der Waals surface area (Å²) < 4.78 is 41.0. The first kappa shape index (κ1) is 24.2. The van der Waals surface area contributed by atoms with E-state index in [0.29, 0.717) is 12.8 Å². The standard InChI is InChI=1S/C25H30ClFN2O3S/c1-17(20-10-9-18-5-2-3-6-21(18)15-20)28-25(30)19-11-13-29(14-12-19)33(31,32)16-22-23(26)7-4-8-24(22)27/h4,7-10,15,17,19H,2-3,5-6,11-14,16H2,1H3,(H,28,30). The van der Waals surface area contributed by atoms with Crippen molar-refractivity contribution < 1.29 is 17.6 Å². The minimum absolute atomic E-state index is 0.0158. The quantitative estimate of drug-likeness (QED) is 0.631. The van der Waals surface area contributed by atoms with E-state index in [1.807, 2.05) is 6.92 Å². The monoisotopic (exact) mass is 492 g/mol.